The van der Waals surface area contributed by atoms with Gasteiger partial charge in [-0.05, 0) is 52.7 Å². The van der Waals surface area contributed by atoms with Crippen LogP contribution in [0.3, 0.4) is 0 Å². The number of hydrogen-bond acceptors (Lipinski definition) is 2. The number of hydrogen-bond donors (Lipinski definition) is 0. The molecule has 0 radical (unpaired) electrons. The third-order valence-corrected chi connectivity index (χ3v) is 4.44. The van der Waals surface area contributed by atoms with Crippen molar-refractivity contribution in [3.05, 3.63) is 63.9 Å². The number of nitrogens with zero attached hydrogens (tertiary/aromatic N) is 1. The van der Waals surface area contributed by atoms with Gasteiger partial charge in [0.2, 0.25) is 0 Å². The Labute approximate surface area is 141 Å². The van der Waals surface area contributed by atoms with E-state index in [1.165, 1.54) is 0 Å². The lowest BCUT2D eigenvalue weighted by atomic mass is 10.1. The van der Waals surface area contributed by atoms with Crippen molar-refractivity contribution in [1.29, 1.82) is 0 Å². The maximum atomic E-state index is 12.4. The summed E-state index contributed by atoms with van der Waals surface area (Å²) < 4.78 is 7.93. The van der Waals surface area contributed by atoms with E-state index < -0.39 is 0 Å². The van der Waals surface area contributed by atoms with Crippen LogP contribution >= 0.6 is 27.5 Å². The first kappa shape index (κ1) is 15.1. The summed E-state index contributed by atoms with van der Waals surface area (Å²) in [5.41, 5.74) is 3.13. The molecule has 0 saturated heterocycles. The normalized spacial score (nSPS) is 10.9. The highest BCUT2D eigenvalue weighted by Gasteiger charge is 2.23. The monoisotopic (exact) mass is 377 g/mol. The zero-order valence-corrected chi connectivity index (χ0v) is 14.2. The van der Waals surface area contributed by atoms with Gasteiger partial charge >= 0.3 is 5.97 Å². The lowest BCUT2D eigenvalue weighted by molar-refractivity contribution is 0.0519. The molecule has 0 spiro atoms. The van der Waals surface area contributed by atoms with Gasteiger partial charge in [-0.25, -0.2) is 4.79 Å². The summed E-state index contributed by atoms with van der Waals surface area (Å²) >= 11 is 9.58. The van der Waals surface area contributed by atoms with Gasteiger partial charge in [0.25, 0.3) is 0 Å². The summed E-state index contributed by atoms with van der Waals surface area (Å²) in [4.78, 5) is 12.4. The van der Waals surface area contributed by atoms with Gasteiger partial charge in [0.15, 0.2) is 0 Å². The van der Waals surface area contributed by atoms with Crippen molar-refractivity contribution in [1.82, 2.24) is 4.40 Å². The van der Waals surface area contributed by atoms with E-state index in [0.717, 1.165) is 21.1 Å². The molecule has 3 aromatic rings. The summed E-state index contributed by atoms with van der Waals surface area (Å²) in [5.74, 6) is -0.348. The average Bonchev–Trinajstić information content (AvgIpc) is 2.82. The second kappa shape index (κ2) is 6.15. The summed E-state index contributed by atoms with van der Waals surface area (Å²) in [7, 11) is 0. The van der Waals surface area contributed by atoms with Crippen molar-refractivity contribution in [2.24, 2.45) is 0 Å². The summed E-state index contributed by atoms with van der Waals surface area (Å²) in [5, 5.41) is 0.654. The van der Waals surface area contributed by atoms with Gasteiger partial charge in [-0.3, -0.25) is 0 Å². The van der Waals surface area contributed by atoms with Crippen LogP contribution in [0.4, 0.5) is 0 Å². The van der Waals surface area contributed by atoms with Crippen molar-refractivity contribution >= 4 is 39.0 Å². The van der Waals surface area contributed by atoms with Gasteiger partial charge in [0, 0.05) is 16.8 Å². The fraction of sp³-hybridized carbons (Fsp3) is 0.118. The van der Waals surface area contributed by atoms with Gasteiger partial charge in [0.05, 0.1) is 16.6 Å². The van der Waals surface area contributed by atoms with Crippen LogP contribution in [0.25, 0.3) is 16.6 Å². The largest absolute Gasteiger partial charge is 0.461 e. The minimum atomic E-state index is -0.348. The van der Waals surface area contributed by atoms with Crippen molar-refractivity contribution < 1.29 is 9.53 Å². The van der Waals surface area contributed by atoms with E-state index in [0.29, 0.717) is 17.3 Å². The fourth-order valence-corrected chi connectivity index (χ4v) is 3.32. The van der Waals surface area contributed by atoms with Crippen molar-refractivity contribution in [3.63, 3.8) is 0 Å². The molecule has 22 heavy (non-hydrogen) atoms. The maximum absolute atomic E-state index is 12.4. The molecule has 112 valence electrons. The van der Waals surface area contributed by atoms with Crippen LogP contribution in [-0.2, 0) is 4.74 Å². The number of aromatic nitrogens is 1. The molecule has 0 aliphatic carbocycles. The Kier molecular flexibility index (Phi) is 4.23. The standard InChI is InChI=1S/C17H13BrClNO2/c1-2-22-17(21)16-14(11-6-8-12(19)9-7-11)15(18)13-5-3-4-10-20(13)16/h3-10H,2H2,1H3. The van der Waals surface area contributed by atoms with Crippen molar-refractivity contribution in [2.45, 2.75) is 6.92 Å². The Bertz CT molecular complexity index is 840. The molecular weight excluding hydrogens is 366 g/mol. The summed E-state index contributed by atoms with van der Waals surface area (Å²) in [6.45, 7) is 2.13. The number of benzene rings is 1. The van der Waals surface area contributed by atoms with Crippen LogP contribution in [0.1, 0.15) is 17.4 Å². The molecule has 0 fully saturated rings. The summed E-state index contributed by atoms with van der Waals surface area (Å²) in [6.07, 6.45) is 1.85. The molecule has 1 aromatic carbocycles. The highest BCUT2D eigenvalue weighted by molar-refractivity contribution is 9.10. The smallest absolute Gasteiger partial charge is 0.355 e. The highest BCUT2D eigenvalue weighted by atomic mass is 79.9. The molecule has 3 nitrogen and oxygen atoms in total. The van der Waals surface area contributed by atoms with Crippen LogP contribution in [0.5, 0.6) is 0 Å². The average molecular weight is 379 g/mol. The molecule has 0 N–H and O–H groups in total. The molecule has 5 heteroatoms. The van der Waals surface area contributed by atoms with E-state index in [1.54, 1.807) is 19.1 Å². The fourth-order valence-electron chi connectivity index (χ4n) is 2.45. The predicted molar refractivity (Wildman–Crippen MR) is 91.5 cm³/mol. The zero-order valence-electron chi connectivity index (χ0n) is 11.8. The molecule has 2 heterocycles. The Hall–Kier alpha value is -1.78. The van der Waals surface area contributed by atoms with E-state index in [1.807, 2.05) is 40.9 Å². The van der Waals surface area contributed by atoms with Crippen molar-refractivity contribution in [2.75, 3.05) is 6.61 Å². The van der Waals surface area contributed by atoms with E-state index >= 15 is 0 Å². The molecule has 0 aliphatic rings. The molecule has 0 unspecified atom stereocenters. The molecule has 0 atom stereocenters. The number of pyridine rings is 1. The number of ether oxygens (including phenoxy) is 1. The lowest BCUT2D eigenvalue weighted by Gasteiger charge is -2.06. The molecule has 0 saturated carbocycles. The third-order valence-electron chi connectivity index (χ3n) is 3.38. The minimum absolute atomic E-state index is 0.330. The van der Waals surface area contributed by atoms with Gasteiger partial charge in [0.1, 0.15) is 5.69 Å². The Morgan fingerprint density at radius 2 is 1.95 bits per heavy atom. The minimum Gasteiger partial charge on any atom is -0.461 e. The molecule has 0 bridgehead atoms. The van der Waals surface area contributed by atoms with Crippen LogP contribution in [-0.4, -0.2) is 17.0 Å². The number of fused-ring (bicyclic) bond motifs is 1. The Morgan fingerprint density at radius 1 is 1.23 bits per heavy atom. The first-order valence-electron chi connectivity index (χ1n) is 6.85. The number of carbonyl (C=O) groups excluding carboxylic acids is 1. The quantitative estimate of drug-likeness (QED) is 0.587. The first-order chi connectivity index (χ1) is 10.6. The van der Waals surface area contributed by atoms with Gasteiger partial charge in [-0.1, -0.05) is 29.8 Å². The molecule has 0 aliphatic heterocycles. The van der Waals surface area contributed by atoms with E-state index in [4.69, 9.17) is 16.3 Å². The number of halogens is 2. The zero-order chi connectivity index (χ0) is 15.7. The first-order valence-corrected chi connectivity index (χ1v) is 8.02. The van der Waals surface area contributed by atoms with Crippen LogP contribution < -0.4 is 0 Å². The summed E-state index contributed by atoms with van der Waals surface area (Å²) in [6, 6.07) is 13.2. The SMILES string of the molecule is CCOC(=O)c1c(-c2ccc(Cl)cc2)c(Br)c2ccccn12. The predicted octanol–water partition coefficient (Wildman–Crippen LogP) is 5.20. The van der Waals surface area contributed by atoms with E-state index in [2.05, 4.69) is 15.9 Å². The molecule has 0 amide bonds. The van der Waals surface area contributed by atoms with Crippen LogP contribution in [0.2, 0.25) is 5.02 Å². The third kappa shape index (κ3) is 2.53. The number of rotatable bonds is 3. The Balaban J connectivity index is 2.32. The van der Waals surface area contributed by atoms with Gasteiger partial charge in [-0.15, -0.1) is 0 Å². The van der Waals surface area contributed by atoms with E-state index in [-0.39, 0.29) is 5.97 Å². The van der Waals surface area contributed by atoms with E-state index in [9.17, 15) is 4.79 Å². The topological polar surface area (TPSA) is 30.7 Å². The Morgan fingerprint density at radius 3 is 2.64 bits per heavy atom. The molecule has 2 aromatic heterocycles. The molecule has 3 rings (SSSR count). The van der Waals surface area contributed by atoms with Gasteiger partial charge < -0.3 is 9.14 Å². The second-order valence-corrected chi connectivity index (χ2v) is 5.95. The van der Waals surface area contributed by atoms with Crippen LogP contribution in [0.15, 0.2) is 53.1 Å². The number of carbonyl (C=O) groups is 1. The maximum Gasteiger partial charge on any atom is 0.355 e. The lowest BCUT2D eigenvalue weighted by Crippen LogP contribution is -2.09. The highest BCUT2D eigenvalue weighted by Crippen LogP contribution is 2.38. The van der Waals surface area contributed by atoms with Gasteiger partial charge in [-0.2, -0.15) is 0 Å². The number of esters is 1. The van der Waals surface area contributed by atoms with Crippen LogP contribution in [0, 0.1) is 0 Å². The second-order valence-electron chi connectivity index (χ2n) is 4.72. The van der Waals surface area contributed by atoms with Crippen molar-refractivity contribution in [3.8, 4) is 11.1 Å². The molecular formula is C17H13BrClNO2.